The molecule has 1 aliphatic rings. The van der Waals surface area contributed by atoms with Crippen LogP contribution in [-0.4, -0.2) is 30.9 Å². The fraction of sp³-hybridized carbons (Fsp3) is 0.800. The largest absolute Gasteiger partial charge is 2.00 e. The molecule has 0 aliphatic carbocycles. The maximum Gasteiger partial charge on any atom is 2.00 e. The molecule has 0 aromatic heterocycles. The van der Waals surface area contributed by atoms with Crippen LogP contribution < -0.4 is 5.32 Å². The third-order valence-electron chi connectivity index (χ3n) is 1.09. The molecule has 0 saturated carbocycles. The first-order valence-electron chi connectivity index (χ1n) is 2.72. The van der Waals surface area contributed by atoms with E-state index < -0.39 is 0 Å². The first kappa shape index (κ1) is 9.93. The monoisotopic (exact) mass is 354 g/mol. The molecular weight excluding hydrogens is 344 g/mol. The third-order valence-corrected chi connectivity index (χ3v) is 1.09. The van der Waals surface area contributed by atoms with E-state index in [0.29, 0.717) is 0 Å². The molecule has 0 aromatic carbocycles. The zero-order chi connectivity index (χ0) is 5.82. The molecule has 1 unspecified atom stereocenters. The molecule has 1 heterocycles. The van der Waals surface area contributed by atoms with E-state index >= 15 is 0 Å². The van der Waals surface area contributed by atoms with Crippen LogP contribution in [0.25, 0.3) is 0 Å². The van der Waals surface area contributed by atoms with E-state index in [1.54, 1.807) is 6.61 Å². The van der Waals surface area contributed by atoms with Gasteiger partial charge in [0.1, 0.15) is 0 Å². The molecule has 1 rings (SSSR count). The summed E-state index contributed by atoms with van der Waals surface area (Å²) in [7, 11) is 0. The molecule has 50 valence electrons. The maximum absolute atomic E-state index is 8.51. The molecule has 0 bridgehead atoms. The molecule has 1 atom stereocenters. The van der Waals surface area contributed by atoms with Gasteiger partial charge in [-0.15, -0.1) is 6.54 Å². The van der Waals surface area contributed by atoms with Crippen molar-refractivity contribution in [3.8, 4) is 0 Å². The first-order chi connectivity index (χ1) is 3.93. The fourth-order valence-electron chi connectivity index (χ4n) is 0.643. The van der Waals surface area contributed by atoms with Crippen molar-refractivity contribution in [2.75, 3.05) is 19.7 Å². The van der Waals surface area contributed by atoms with E-state index in [2.05, 4.69) is 5.32 Å². The molecule has 0 spiro atoms. The SMILES string of the molecule is OCC1CNC[CH-]O1.[U+2]. The van der Waals surface area contributed by atoms with Crippen LogP contribution in [-0.2, 0) is 4.74 Å². The first-order valence-corrected chi connectivity index (χ1v) is 2.72. The van der Waals surface area contributed by atoms with Crippen molar-refractivity contribution >= 4 is 0 Å². The summed E-state index contributed by atoms with van der Waals surface area (Å²) in [6, 6.07) is 0. The predicted octanol–water partition coefficient (Wildman–Crippen LogP) is -0.871. The van der Waals surface area contributed by atoms with Crippen LogP contribution in [0.3, 0.4) is 0 Å². The second-order valence-corrected chi connectivity index (χ2v) is 1.77. The van der Waals surface area contributed by atoms with Gasteiger partial charge in [-0.3, -0.25) is 0 Å². The van der Waals surface area contributed by atoms with Gasteiger partial charge >= 0.3 is 31.1 Å². The summed E-state index contributed by atoms with van der Waals surface area (Å²) in [5.41, 5.74) is 0. The van der Waals surface area contributed by atoms with Gasteiger partial charge in [0.15, 0.2) is 0 Å². The van der Waals surface area contributed by atoms with E-state index in [1.165, 1.54) is 0 Å². The zero-order valence-corrected chi connectivity index (χ0v) is 9.30. The quantitative estimate of drug-likeness (QED) is 0.602. The predicted molar refractivity (Wildman–Crippen MR) is 29.1 cm³/mol. The zero-order valence-electron chi connectivity index (χ0n) is 5.13. The molecule has 9 heavy (non-hydrogen) atoms. The summed E-state index contributed by atoms with van der Waals surface area (Å²) >= 11 is 0. The topological polar surface area (TPSA) is 41.5 Å². The van der Waals surface area contributed by atoms with E-state index in [0.717, 1.165) is 13.1 Å². The third kappa shape index (κ3) is 3.59. The van der Waals surface area contributed by atoms with E-state index in [1.807, 2.05) is 0 Å². The van der Waals surface area contributed by atoms with E-state index in [-0.39, 0.29) is 43.8 Å². The van der Waals surface area contributed by atoms with Gasteiger partial charge in [-0.25, -0.2) is 0 Å². The normalized spacial score (nSPS) is 27.0. The molecule has 0 aromatic rings. The van der Waals surface area contributed by atoms with Gasteiger partial charge in [-0.1, -0.05) is 0 Å². The van der Waals surface area contributed by atoms with Crippen LogP contribution in [0, 0.1) is 37.7 Å². The molecule has 1 fully saturated rings. The Balaban J connectivity index is 0.000000640. The Morgan fingerprint density at radius 2 is 2.56 bits per heavy atom. The second kappa shape index (κ2) is 5.70. The number of nitrogens with one attached hydrogen (secondary N) is 1. The summed E-state index contributed by atoms with van der Waals surface area (Å²) in [5, 5.41) is 11.6. The summed E-state index contributed by atoms with van der Waals surface area (Å²) < 4.78 is 4.99. The molecule has 0 amide bonds. The Morgan fingerprint density at radius 1 is 1.78 bits per heavy atom. The van der Waals surface area contributed by atoms with Crippen LogP contribution in [0.4, 0.5) is 0 Å². The number of morpholine rings is 1. The fourth-order valence-corrected chi connectivity index (χ4v) is 0.643. The van der Waals surface area contributed by atoms with Gasteiger partial charge in [0, 0.05) is 6.54 Å². The minimum atomic E-state index is -0.0243. The van der Waals surface area contributed by atoms with Crippen molar-refractivity contribution < 1.29 is 41.0 Å². The summed E-state index contributed by atoms with van der Waals surface area (Å²) in [4.78, 5) is 0. The van der Waals surface area contributed by atoms with Crippen molar-refractivity contribution in [2.45, 2.75) is 6.10 Å². The molecule has 1 aliphatic heterocycles. The minimum absolute atomic E-state index is 0. The molecule has 2 N–H and O–H groups in total. The maximum atomic E-state index is 8.51. The Bertz CT molecular complexity index is 66.0. The van der Waals surface area contributed by atoms with Crippen LogP contribution in [0.5, 0.6) is 0 Å². The average Bonchev–Trinajstić information content (AvgIpc) is 1.90. The molecule has 0 radical (unpaired) electrons. The second-order valence-electron chi connectivity index (χ2n) is 1.77. The van der Waals surface area contributed by atoms with Crippen LogP contribution in [0.1, 0.15) is 0 Å². The number of aliphatic hydroxyl groups is 1. The Morgan fingerprint density at radius 3 is 2.89 bits per heavy atom. The minimum Gasteiger partial charge on any atom is -0.546 e. The van der Waals surface area contributed by atoms with Gasteiger partial charge in [0.05, 0.1) is 12.7 Å². The van der Waals surface area contributed by atoms with Gasteiger partial charge < -0.3 is 15.2 Å². The van der Waals surface area contributed by atoms with Crippen molar-refractivity contribution in [2.24, 2.45) is 0 Å². The summed E-state index contributed by atoms with van der Waals surface area (Å²) in [5.74, 6) is 0. The van der Waals surface area contributed by atoms with Gasteiger partial charge in [-0.05, 0) is 0 Å². The molecule has 3 nitrogen and oxygen atoms in total. The average molecular weight is 354 g/mol. The van der Waals surface area contributed by atoms with E-state index in [9.17, 15) is 0 Å². The van der Waals surface area contributed by atoms with Crippen LogP contribution in [0.2, 0.25) is 0 Å². The Labute approximate surface area is 78.5 Å². The number of hydrogen-bond donors (Lipinski definition) is 2. The standard InChI is InChI=1S/C5H10NO2.U/c7-4-5-3-6-1-2-8-5;/h2,5-7H,1,3-4H2;/q-1;+2. The van der Waals surface area contributed by atoms with Gasteiger partial charge in [0.25, 0.3) is 0 Å². The summed E-state index contributed by atoms with van der Waals surface area (Å²) in [6.07, 6.45) is -0.0243. The van der Waals surface area contributed by atoms with Crippen LogP contribution >= 0.6 is 0 Å². The Kier molecular flexibility index (Phi) is 6.29. The molecule has 4 heteroatoms. The number of rotatable bonds is 1. The molecule has 1 saturated heterocycles. The van der Waals surface area contributed by atoms with Gasteiger partial charge in [0.2, 0.25) is 0 Å². The Hall–Kier alpha value is 0.932. The van der Waals surface area contributed by atoms with Crippen molar-refractivity contribution in [3.05, 3.63) is 6.61 Å². The van der Waals surface area contributed by atoms with Crippen molar-refractivity contribution in [1.29, 1.82) is 0 Å². The van der Waals surface area contributed by atoms with Gasteiger partial charge in [-0.2, -0.15) is 6.61 Å². The van der Waals surface area contributed by atoms with Crippen molar-refractivity contribution in [3.63, 3.8) is 0 Å². The molecular formula is C5H10NO2U+. The number of hydrogen-bond acceptors (Lipinski definition) is 3. The number of aliphatic hydroxyl groups excluding tert-OH is 1. The number of ether oxygens (including phenoxy) is 1. The summed E-state index contributed by atoms with van der Waals surface area (Å²) in [6.45, 7) is 3.32. The van der Waals surface area contributed by atoms with Crippen LogP contribution in [0.15, 0.2) is 0 Å². The van der Waals surface area contributed by atoms with Crippen molar-refractivity contribution in [1.82, 2.24) is 5.32 Å². The van der Waals surface area contributed by atoms with E-state index in [4.69, 9.17) is 9.84 Å². The smallest absolute Gasteiger partial charge is 0.546 e.